The van der Waals surface area contributed by atoms with Gasteiger partial charge in [0.1, 0.15) is 5.82 Å². The zero-order chi connectivity index (χ0) is 35.2. The predicted molar refractivity (Wildman–Crippen MR) is 187 cm³/mol. The molecule has 48 heavy (non-hydrogen) atoms. The van der Waals surface area contributed by atoms with Crippen LogP contribution in [0.15, 0.2) is 11.6 Å². The first kappa shape index (κ1) is 36.0. The Hall–Kier alpha value is -1.84. The Morgan fingerprint density at radius 1 is 1.12 bits per heavy atom. The number of carboxylic acid groups (broad SMARTS) is 1. The second-order valence-electron chi connectivity index (χ2n) is 18.8. The van der Waals surface area contributed by atoms with Crippen molar-refractivity contribution in [2.45, 2.75) is 132 Å². The van der Waals surface area contributed by atoms with Crippen molar-refractivity contribution in [1.29, 1.82) is 0 Å². The molecule has 1 saturated heterocycles. The van der Waals surface area contributed by atoms with Crippen LogP contribution < -0.4 is 5.32 Å². The maximum atomic E-state index is 13.5. The Bertz CT molecular complexity index is 1430. The Morgan fingerprint density at radius 3 is 2.42 bits per heavy atom. The van der Waals surface area contributed by atoms with E-state index in [4.69, 9.17) is 9.47 Å². The number of allylic oxidation sites excluding steroid dienone is 1. The van der Waals surface area contributed by atoms with Crippen LogP contribution in [0.5, 0.6) is 0 Å². The van der Waals surface area contributed by atoms with Gasteiger partial charge in [-0.25, -0.2) is 4.68 Å². The van der Waals surface area contributed by atoms with Crippen molar-refractivity contribution in [2.24, 2.45) is 62.6 Å². The first-order valence-electron chi connectivity index (χ1n) is 18.9. The second-order valence-corrected chi connectivity index (χ2v) is 18.8. The fourth-order valence-electron chi connectivity index (χ4n) is 12.5. The van der Waals surface area contributed by atoms with Crippen LogP contribution in [-0.2, 0) is 14.3 Å². The van der Waals surface area contributed by atoms with Crippen LogP contribution in [0.25, 0.3) is 0 Å². The number of fused-ring (bicyclic) bond motifs is 3. The molecule has 9 heteroatoms. The quantitative estimate of drug-likeness (QED) is 0.268. The number of nitrogens with zero attached hydrogens (tertiary/aromatic N) is 4. The summed E-state index contributed by atoms with van der Waals surface area (Å²) < 4.78 is 15.9. The summed E-state index contributed by atoms with van der Waals surface area (Å²) in [5, 5.41) is 27.7. The topological polar surface area (TPSA) is 111 Å². The number of hydrogen-bond donors (Lipinski definition) is 2. The molecule has 12 atom stereocenters. The summed E-state index contributed by atoms with van der Waals surface area (Å²) in [6, 6.07) is -0.0347. The van der Waals surface area contributed by atoms with E-state index in [0.717, 1.165) is 44.3 Å². The Kier molecular flexibility index (Phi) is 8.89. The minimum Gasteiger partial charge on any atom is -0.481 e. The summed E-state index contributed by atoms with van der Waals surface area (Å²) in [5.74, 6) is 1.67. The standard InChI is InChI=1S/C39H65N5O4/c1-23(2)25(5)34(7)17-18-36(9)27-13-14-30-35(8)20-47-22-39(30,28(27)15-16-37(36,10)31(34)33(45)46)19-29(44-26(6)41-42-43-44)32(35)48-21-38(11,40-12)24(3)4/h15,23-25,27,29-32,40H,13-14,16-22H2,1-12H3,(H,45,46)/t25-,27+,29-,30+,31-,32+,34-,35+,36-,37+,38+,39+/m1/s1. The largest absolute Gasteiger partial charge is 0.481 e. The monoisotopic (exact) mass is 668 g/mol. The van der Waals surface area contributed by atoms with Gasteiger partial charge in [0, 0.05) is 16.4 Å². The van der Waals surface area contributed by atoms with E-state index in [9.17, 15) is 9.90 Å². The lowest BCUT2D eigenvalue weighted by atomic mass is 9.34. The van der Waals surface area contributed by atoms with Crippen molar-refractivity contribution in [3.8, 4) is 0 Å². The van der Waals surface area contributed by atoms with Crippen molar-refractivity contribution >= 4 is 5.97 Å². The molecule has 2 bridgehead atoms. The van der Waals surface area contributed by atoms with Crippen LogP contribution in [0.1, 0.15) is 120 Å². The van der Waals surface area contributed by atoms with E-state index >= 15 is 0 Å². The fourth-order valence-corrected chi connectivity index (χ4v) is 12.5. The maximum Gasteiger partial charge on any atom is 0.307 e. The van der Waals surface area contributed by atoms with Gasteiger partial charge < -0.3 is 19.9 Å². The molecule has 1 aromatic heterocycles. The molecule has 2 heterocycles. The molecule has 0 spiro atoms. The van der Waals surface area contributed by atoms with Gasteiger partial charge in [-0.3, -0.25) is 4.79 Å². The zero-order valence-electron chi connectivity index (χ0n) is 32.0. The number of rotatable bonds is 9. The number of aromatic nitrogens is 4. The Morgan fingerprint density at radius 2 is 1.83 bits per heavy atom. The highest BCUT2D eigenvalue weighted by Gasteiger charge is 2.72. The highest BCUT2D eigenvalue weighted by Crippen LogP contribution is 2.75. The number of tetrazole rings is 1. The van der Waals surface area contributed by atoms with Crippen molar-refractivity contribution in [3.05, 3.63) is 17.5 Å². The third-order valence-electron chi connectivity index (χ3n) is 16.5. The van der Waals surface area contributed by atoms with E-state index in [2.05, 4.69) is 96.2 Å². The van der Waals surface area contributed by atoms with Crippen LogP contribution in [0.2, 0.25) is 0 Å². The molecule has 2 N–H and O–H groups in total. The minimum absolute atomic E-state index is 0.0347. The normalized spacial score (nSPS) is 44.3. The van der Waals surface area contributed by atoms with Crippen LogP contribution in [-0.4, -0.2) is 69.8 Å². The Balaban J connectivity index is 1.45. The van der Waals surface area contributed by atoms with E-state index in [0.29, 0.717) is 49.4 Å². The Labute approximate surface area is 289 Å². The second kappa shape index (κ2) is 11.9. The van der Waals surface area contributed by atoms with Gasteiger partial charge in [0.25, 0.3) is 0 Å². The highest BCUT2D eigenvalue weighted by molar-refractivity contribution is 5.73. The van der Waals surface area contributed by atoms with Gasteiger partial charge in [0.15, 0.2) is 0 Å². The molecule has 270 valence electrons. The van der Waals surface area contributed by atoms with Crippen LogP contribution in [0.4, 0.5) is 0 Å². The van der Waals surface area contributed by atoms with Gasteiger partial charge in [-0.1, -0.05) is 74.0 Å². The summed E-state index contributed by atoms with van der Waals surface area (Å²) in [5.41, 5.74) is 0.239. The van der Waals surface area contributed by atoms with Gasteiger partial charge in [0.2, 0.25) is 0 Å². The van der Waals surface area contributed by atoms with Gasteiger partial charge in [-0.15, -0.1) is 5.10 Å². The first-order chi connectivity index (χ1) is 22.4. The van der Waals surface area contributed by atoms with Gasteiger partial charge >= 0.3 is 5.97 Å². The molecule has 1 aliphatic heterocycles. The van der Waals surface area contributed by atoms with Crippen molar-refractivity contribution in [3.63, 3.8) is 0 Å². The van der Waals surface area contributed by atoms with E-state index < -0.39 is 11.9 Å². The van der Waals surface area contributed by atoms with Crippen molar-refractivity contribution < 1.29 is 19.4 Å². The summed E-state index contributed by atoms with van der Waals surface area (Å²) in [6.45, 7) is 27.0. The molecule has 4 aliphatic carbocycles. The van der Waals surface area contributed by atoms with E-state index in [1.807, 2.05) is 18.7 Å². The number of carboxylic acids is 1. The molecule has 6 rings (SSSR count). The molecular formula is C39H65N5O4. The summed E-state index contributed by atoms with van der Waals surface area (Å²) in [6.07, 6.45) is 8.26. The molecular weight excluding hydrogens is 602 g/mol. The maximum absolute atomic E-state index is 13.5. The molecule has 0 radical (unpaired) electrons. The predicted octanol–water partition coefficient (Wildman–Crippen LogP) is 7.13. The minimum atomic E-state index is -0.613. The highest BCUT2D eigenvalue weighted by atomic mass is 16.5. The molecule has 5 aliphatic rings. The number of aliphatic carboxylic acids is 1. The van der Waals surface area contributed by atoms with E-state index in [1.54, 1.807) is 0 Å². The molecule has 0 unspecified atom stereocenters. The first-order valence-corrected chi connectivity index (χ1v) is 18.9. The number of hydrogen-bond acceptors (Lipinski definition) is 7. The number of carbonyl (C=O) groups is 1. The number of likely N-dealkylation sites (N-methyl/N-ethyl adjacent to an activating group) is 1. The lowest BCUT2D eigenvalue weighted by Crippen LogP contribution is -2.69. The molecule has 1 aromatic rings. The van der Waals surface area contributed by atoms with Crippen LogP contribution in [0, 0.1) is 69.5 Å². The fraction of sp³-hybridized carbons (Fsp3) is 0.897. The average molecular weight is 668 g/mol. The molecule has 0 amide bonds. The lowest BCUT2D eigenvalue weighted by Gasteiger charge is -2.71. The van der Waals surface area contributed by atoms with Crippen molar-refractivity contribution in [1.82, 2.24) is 25.5 Å². The number of nitrogens with one attached hydrogen (secondary N) is 1. The van der Waals surface area contributed by atoms with Gasteiger partial charge in [-0.05, 0) is 116 Å². The molecule has 3 saturated carbocycles. The van der Waals surface area contributed by atoms with Crippen LogP contribution in [0.3, 0.4) is 0 Å². The number of aryl methyl sites for hydroxylation is 1. The van der Waals surface area contributed by atoms with Crippen LogP contribution >= 0.6 is 0 Å². The average Bonchev–Trinajstić information content (AvgIpc) is 3.45. The smallest absolute Gasteiger partial charge is 0.307 e. The summed E-state index contributed by atoms with van der Waals surface area (Å²) in [4.78, 5) is 13.5. The van der Waals surface area contributed by atoms with Crippen molar-refractivity contribution in [2.75, 3.05) is 26.9 Å². The molecule has 0 aromatic carbocycles. The third-order valence-corrected chi connectivity index (χ3v) is 16.5. The van der Waals surface area contributed by atoms with E-state index in [-0.39, 0.29) is 44.8 Å². The lowest BCUT2D eigenvalue weighted by molar-refractivity contribution is -0.253. The molecule has 9 nitrogen and oxygen atoms in total. The zero-order valence-corrected chi connectivity index (χ0v) is 32.0. The molecule has 4 fully saturated rings. The van der Waals surface area contributed by atoms with Gasteiger partial charge in [0.05, 0.1) is 37.9 Å². The summed E-state index contributed by atoms with van der Waals surface area (Å²) >= 11 is 0. The SMILES string of the molecule is CN[C@@](C)(CO[C@H]1[C@H](n2nnnc2C)C[C@@]23COC[C@@]1(C)[C@@H]2CC[C@H]1C3=CC[C@@]2(C)[C@H](C(=O)O)[C@@](C)([C@H](C)C(C)C)CC[C@]12C)C(C)C. The number of ether oxygens (including phenoxy) is 2. The van der Waals surface area contributed by atoms with E-state index in [1.165, 1.54) is 5.57 Å². The van der Waals surface area contributed by atoms with Gasteiger partial charge in [-0.2, -0.15) is 0 Å². The third kappa shape index (κ3) is 4.78. The summed E-state index contributed by atoms with van der Waals surface area (Å²) in [7, 11) is 2.03.